The normalized spacial score (nSPS) is 16.8. The van der Waals surface area contributed by atoms with E-state index in [1.165, 1.54) is 30.0 Å². The lowest BCUT2D eigenvalue weighted by Gasteiger charge is -2.34. The highest BCUT2D eigenvalue weighted by Crippen LogP contribution is 2.40. The largest absolute Gasteiger partial charge is 0.478 e. The van der Waals surface area contributed by atoms with Crippen molar-refractivity contribution < 1.29 is 37.4 Å². The first-order valence-electron chi connectivity index (χ1n) is 14.1. The molecule has 3 rings (SSSR count). The van der Waals surface area contributed by atoms with Crippen molar-refractivity contribution in [2.45, 2.75) is 92.4 Å². The number of carbonyl (C=O) groups excluding carboxylic acids is 2. The molecule has 0 saturated heterocycles. The Hall–Kier alpha value is -3.56. The summed E-state index contributed by atoms with van der Waals surface area (Å²) in [6.07, 6.45) is -0.321. The Morgan fingerprint density at radius 3 is 2.20 bits per heavy atom. The highest BCUT2D eigenvalue weighted by Gasteiger charge is 2.36. The molecule has 0 aliphatic heterocycles. The lowest BCUT2D eigenvalue weighted by atomic mass is 9.80. The van der Waals surface area contributed by atoms with Gasteiger partial charge in [0.15, 0.2) is 0 Å². The zero-order valence-corrected chi connectivity index (χ0v) is 24.6. The quantitative estimate of drug-likeness (QED) is 0.316. The van der Waals surface area contributed by atoms with Gasteiger partial charge in [0.1, 0.15) is 11.5 Å². The molecule has 2 N–H and O–H groups in total. The number of aromatic carboxylic acids is 1. The second-order valence-corrected chi connectivity index (χ2v) is 10.3. The summed E-state index contributed by atoms with van der Waals surface area (Å²) in [5, 5.41) is 12.4. The summed E-state index contributed by atoms with van der Waals surface area (Å²) in [6.45, 7) is 10.9. The smallest absolute Gasteiger partial charge is 0.419 e. The molecule has 0 bridgehead atoms. The molecule has 0 radical (unpaired) electrons. The van der Waals surface area contributed by atoms with Crippen LogP contribution in [-0.2, 0) is 22.3 Å². The Morgan fingerprint density at radius 1 is 1.05 bits per heavy atom. The fourth-order valence-corrected chi connectivity index (χ4v) is 4.98. The number of alkyl halides is 3. The first kappa shape index (κ1) is 33.6. The van der Waals surface area contributed by atoms with Crippen LogP contribution in [-0.4, -0.2) is 28.9 Å². The molecule has 41 heavy (non-hydrogen) atoms. The number of hydrogen-bond acceptors (Lipinski definition) is 4. The minimum Gasteiger partial charge on any atom is -0.478 e. The van der Waals surface area contributed by atoms with E-state index in [0.29, 0.717) is 5.92 Å². The van der Waals surface area contributed by atoms with E-state index in [1.807, 2.05) is 13.8 Å². The third-order valence-electron chi connectivity index (χ3n) is 7.10. The summed E-state index contributed by atoms with van der Waals surface area (Å²) in [7, 11) is 0. The summed E-state index contributed by atoms with van der Waals surface area (Å²) in [4.78, 5) is 38.4. The molecule has 0 spiro atoms. The van der Waals surface area contributed by atoms with Crippen LogP contribution in [0.25, 0.3) is 0 Å². The summed E-state index contributed by atoms with van der Waals surface area (Å²) in [6, 6.07) is 6.98. The number of carbonyl (C=O) groups is 3. The van der Waals surface area contributed by atoms with Gasteiger partial charge in [-0.3, -0.25) is 9.59 Å². The molecule has 1 saturated carbocycles. The number of nitrogens with one attached hydrogen (secondary N) is 1. The van der Waals surface area contributed by atoms with Gasteiger partial charge < -0.3 is 20.1 Å². The maximum absolute atomic E-state index is 13.8. The van der Waals surface area contributed by atoms with Gasteiger partial charge in [0.25, 0.3) is 0 Å². The van der Waals surface area contributed by atoms with Crippen LogP contribution in [0.4, 0.5) is 18.9 Å². The van der Waals surface area contributed by atoms with Crippen molar-refractivity contribution in [3.63, 3.8) is 0 Å². The minimum absolute atomic E-state index is 0.0876. The average molecular weight is 579 g/mol. The lowest BCUT2D eigenvalue weighted by molar-refractivity contribution is -0.138. The number of hydrogen-bond donors (Lipinski definition) is 2. The monoisotopic (exact) mass is 578 g/mol. The predicted octanol–water partition coefficient (Wildman–Crippen LogP) is 7.82. The Kier molecular flexibility index (Phi) is 12.2. The maximum Gasteiger partial charge on any atom is 0.419 e. The molecule has 1 aliphatic carbocycles. The van der Waals surface area contributed by atoms with E-state index in [0.717, 1.165) is 50.3 Å². The molecule has 2 aromatic carbocycles. The van der Waals surface area contributed by atoms with Crippen molar-refractivity contribution in [2.75, 3.05) is 4.90 Å². The molecule has 2 amide bonds. The predicted molar refractivity (Wildman–Crippen MR) is 152 cm³/mol. The van der Waals surface area contributed by atoms with Gasteiger partial charge in [-0.1, -0.05) is 33.3 Å². The summed E-state index contributed by atoms with van der Waals surface area (Å²) >= 11 is 0. The second-order valence-electron chi connectivity index (χ2n) is 10.3. The first-order chi connectivity index (χ1) is 19.3. The van der Waals surface area contributed by atoms with Crippen LogP contribution in [0.3, 0.4) is 0 Å². The number of nitrogens with zero attached hydrogens (tertiary/aromatic N) is 1. The number of halogens is 3. The molecule has 1 aliphatic rings. The van der Waals surface area contributed by atoms with E-state index in [9.17, 15) is 32.7 Å². The van der Waals surface area contributed by atoms with E-state index in [4.69, 9.17) is 4.74 Å². The van der Waals surface area contributed by atoms with Crippen molar-refractivity contribution in [1.82, 2.24) is 5.32 Å². The molecular weight excluding hydrogens is 537 g/mol. The molecule has 2 aromatic rings. The van der Waals surface area contributed by atoms with Gasteiger partial charge in [-0.05, 0) is 81.3 Å². The molecule has 226 valence electrons. The van der Waals surface area contributed by atoms with Crippen molar-refractivity contribution in [1.29, 1.82) is 0 Å². The molecule has 0 unspecified atom stereocenters. The molecule has 0 aromatic heterocycles. The molecule has 10 heteroatoms. The Bertz CT molecular complexity index is 1200. The fourth-order valence-electron chi connectivity index (χ4n) is 4.98. The van der Waals surface area contributed by atoms with E-state index in [-0.39, 0.29) is 52.9 Å². The van der Waals surface area contributed by atoms with E-state index >= 15 is 0 Å². The second kappa shape index (κ2) is 14.9. The van der Waals surface area contributed by atoms with Crippen molar-refractivity contribution in [3.05, 3.63) is 53.1 Å². The number of ether oxygens (including phenoxy) is 1. The highest BCUT2D eigenvalue weighted by atomic mass is 19.4. The Labute approximate surface area is 240 Å². The lowest BCUT2D eigenvalue weighted by Crippen LogP contribution is -2.43. The molecule has 0 atom stereocenters. The van der Waals surface area contributed by atoms with Gasteiger partial charge in [-0.25, -0.2) is 4.79 Å². The third-order valence-corrected chi connectivity index (χ3v) is 7.10. The Morgan fingerprint density at radius 2 is 1.68 bits per heavy atom. The highest BCUT2D eigenvalue weighted by molar-refractivity contribution is 6.03. The molecule has 1 fully saturated rings. The van der Waals surface area contributed by atoms with Crippen molar-refractivity contribution >= 4 is 23.5 Å². The number of benzene rings is 2. The maximum atomic E-state index is 13.8. The van der Waals surface area contributed by atoms with Crippen molar-refractivity contribution in [2.24, 2.45) is 11.8 Å². The summed E-state index contributed by atoms with van der Waals surface area (Å²) in [5.41, 5.74) is -0.903. The molecule has 0 heterocycles. The van der Waals surface area contributed by atoms with Gasteiger partial charge in [0.05, 0.1) is 16.8 Å². The number of amides is 2. The number of carboxylic acid groups (broad SMARTS) is 1. The van der Waals surface area contributed by atoms with Crippen molar-refractivity contribution in [3.8, 4) is 11.5 Å². The topological polar surface area (TPSA) is 95.9 Å². The van der Waals surface area contributed by atoms with Gasteiger partial charge in [0.2, 0.25) is 11.8 Å². The first-order valence-corrected chi connectivity index (χ1v) is 14.1. The van der Waals surface area contributed by atoms with Gasteiger partial charge >= 0.3 is 12.1 Å². The number of anilines is 1. The Balaban J connectivity index is 0.00000287. The van der Waals surface area contributed by atoms with Crippen LogP contribution in [0.15, 0.2) is 36.4 Å². The van der Waals surface area contributed by atoms with Crippen LogP contribution in [0.2, 0.25) is 0 Å². The van der Waals surface area contributed by atoms with Gasteiger partial charge in [-0.2, -0.15) is 13.2 Å². The minimum atomic E-state index is -4.76. The zero-order valence-electron chi connectivity index (χ0n) is 24.6. The molecule has 7 nitrogen and oxygen atoms in total. The van der Waals surface area contributed by atoms with Gasteiger partial charge in [0, 0.05) is 25.4 Å². The average Bonchev–Trinajstić information content (AvgIpc) is 2.93. The molecular formula is C31H41F3N2O5. The third kappa shape index (κ3) is 8.96. The number of carboxylic acids is 1. The number of rotatable bonds is 9. The van der Waals surface area contributed by atoms with Crippen LogP contribution >= 0.6 is 0 Å². The fraction of sp³-hybridized carbons (Fsp3) is 0.516. The van der Waals surface area contributed by atoms with E-state index < -0.39 is 23.5 Å². The van der Waals surface area contributed by atoms with Crippen LogP contribution in [0, 0.1) is 11.8 Å². The standard InChI is InChI=1S/C29H35F3N2O5.C2H6/c1-5-19-6-9-21(10-7-19)27(36)34(17(2)3)25-12-11-22(15-23(25)28(37)38)39-26-13-8-20(16-33-18(4)35)14-24(26)29(30,31)32;1-2/h8,11-15,17,19,21H,5-7,9-10,16H2,1-4H3,(H,33,35)(H,37,38);1-2H3. The summed E-state index contributed by atoms with van der Waals surface area (Å²) in [5.74, 6) is -2.10. The SMILES string of the molecule is CC.CCC1CCC(C(=O)N(c2ccc(Oc3ccc(CNC(C)=O)cc3C(F)(F)F)cc2C(=O)O)C(C)C)CC1. The van der Waals surface area contributed by atoms with Crippen LogP contribution in [0.5, 0.6) is 11.5 Å². The van der Waals surface area contributed by atoms with E-state index in [2.05, 4.69) is 12.2 Å². The van der Waals surface area contributed by atoms with Crippen LogP contribution < -0.4 is 15.0 Å². The van der Waals surface area contributed by atoms with E-state index in [1.54, 1.807) is 13.8 Å². The van der Waals surface area contributed by atoms with Crippen LogP contribution in [0.1, 0.15) is 95.1 Å². The zero-order chi connectivity index (χ0) is 30.9. The van der Waals surface area contributed by atoms with Gasteiger partial charge in [-0.15, -0.1) is 0 Å². The summed E-state index contributed by atoms with van der Waals surface area (Å²) < 4.78 is 46.9.